The molecule has 1 amide bonds. The van der Waals surface area contributed by atoms with E-state index in [0.717, 1.165) is 37.3 Å². The van der Waals surface area contributed by atoms with Gasteiger partial charge in [0.1, 0.15) is 11.5 Å². The number of hydrogen-bond donors (Lipinski definition) is 0. The first-order valence-electron chi connectivity index (χ1n) is 9.71. The number of ether oxygens (including phenoxy) is 1. The quantitative estimate of drug-likeness (QED) is 0.592. The molecule has 4 rings (SSSR count). The molecule has 1 aromatic heterocycles. The van der Waals surface area contributed by atoms with E-state index in [1.54, 1.807) is 12.1 Å². The lowest BCUT2D eigenvalue weighted by Gasteiger charge is -2.31. The van der Waals surface area contributed by atoms with E-state index in [-0.39, 0.29) is 5.91 Å². The third kappa shape index (κ3) is 4.74. The number of hydrogen-bond acceptors (Lipinski definition) is 4. The van der Waals surface area contributed by atoms with Gasteiger partial charge in [-0.1, -0.05) is 11.6 Å². The highest BCUT2D eigenvalue weighted by atomic mass is 35.5. The lowest BCUT2D eigenvalue weighted by atomic mass is 9.93. The molecule has 1 aliphatic rings. The highest BCUT2D eigenvalue weighted by Crippen LogP contribution is 2.28. The summed E-state index contributed by atoms with van der Waals surface area (Å²) in [5.41, 5.74) is 2.61. The summed E-state index contributed by atoms with van der Waals surface area (Å²) in [6.07, 6.45) is 1.81. The number of aryl methyl sites for hydroxylation is 1. The van der Waals surface area contributed by atoms with Crippen molar-refractivity contribution in [2.75, 3.05) is 13.1 Å². The lowest BCUT2D eigenvalue weighted by molar-refractivity contribution is 0.0712. The molecule has 29 heavy (non-hydrogen) atoms. The molecular weight excluding hydrogens is 386 g/mol. The van der Waals surface area contributed by atoms with Gasteiger partial charge < -0.3 is 9.64 Å². The number of aromatic nitrogens is 2. The Kier molecular flexibility index (Phi) is 5.76. The molecule has 0 N–H and O–H groups in total. The summed E-state index contributed by atoms with van der Waals surface area (Å²) >= 11 is 5.89. The maximum Gasteiger partial charge on any atom is 0.253 e. The number of piperidine rings is 1. The van der Waals surface area contributed by atoms with Crippen LogP contribution in [0.25, 0.3) is 0 Å². The summed E-state index contributed by atoms with van der Waals surface area (Å²) in [7, 11) is 0. The van der Waals surface area contributed by atoms with E-state index in [1.807, 2.05) is 60.4 Å². The van der Waals surface area contributed by atoms with Crippen LogP contribution in [0.2, 0.25) is 5.02 Å². The van der Waals surface area contributed by atoms with Crippen LogP contribution >= 0.6 is 11.6 Å². The minimum atomic E-state index is 0.0523. The molecule has 0 atom stereocenters. The first kappa shape index (κ1) is 19.4. The highest BCUT2D eigenvalue weighted by Gasteiger charge is 2.25. The molecule has 2 aromatic carbocycles. The van der Waals surface area contributed by atoms with Crippen LogP contribution in [0, 0.1) is 6.92 Å². The first-order valence-corrected chi connectivity index (χ1v) is 10.1. The zero-order valence-electron chi connectivity index (χ0n) is 16.2. The van der Waals surface area contributed by atoms with Crippen LogP contribution in [0.4, 0.5) is 0 Å². The molecule has 0 spiro atoms. The Morgan fingerprint density at radius 1 is 0.931 bits per heavy atom. The SMILES string of the molecule is Cc1ccc(C2CCN(C(=O)c3ccc(Oc4ccc(Cl)cc4)cc3)CC2)nn1. The Balaban J connectivity index is 1.35. The fourth-order valence-corrected chi connectivity index (χ4v) is 3.62. The smallest absolute Gasteiger partial charge is 0.253 e. The van der Waals surface area contributed by atoms with Gasteiger partial charge in [-0.2, -0.15) is 10.2 Å². The molecule has 1 saturated heterocycles. The van der Waals surface area contributed by atoms with Crippen LogP contribution in [0.1, 0.15) is 40.5 Å². The number of rotatable bonds is 4. The van der Waals surface area contributed by atoms with Crippen LogP contribution in [-0.4, -0.2) is 34.1 Å². The second kappa shape index (κ2) is 8.62. The third-order valence-electron chi connectivity index (χ3n) is 5.17. The Morgan fingerprint density at radius 3 is 2.14 bits per heavy atom. The van der Waals surface area contributed by atoms with Gasteiger partial charge in [0.25, 0.3) is 5.91 Å². The summed E-state index contributed by atoms with van der Waals surface area (Å²) < 4.78 is 5.79. The largest absolute Gasteiger partial charge is 0.457 e. The van der Waals surface area contributed by atoms with Crippen LogP contribution in [0.15, 0.2) is 60.7 Å². The van der Waals surface area contributed by atoms with Crippen LogP contribution < -0.4 is 4.74 Å². The van der Waals surface area contributed by atoms with Crippen molar-refractivity contribution in [2.45, 2.75) is 25.7 Å². The van der Waals surface area contributed by atoms with E-state index in [4.69, 9.17) is 16.3 Å². The average molecular weight is 408 g/mol. The Bertz CT molecular complexity index is 965. The predicted molar refractivity (Wildman–Crippen MR) is 113 cm³/mol. The molecule has 2 heterocycles. The van der Waals surface area contributed by atoms with E-state index in [9.17, 15) is 4.79 Å². The average Bonchev–Trinajstić information content (AvgIpc) is 2.76. The predicted octanol–water partition coefficient (Wildman–Crippen LogP) is 5.25. The molecule has 0 bridgehead atoms. The van der Waals surface area contributed by atoms with E-state index in [0.29, 0.717) is 28.0 Å². The molecule has 148 valence electrons. The lowest BCUT2D eigenvalue weighted by Crippen LogP contribution is -2.38. The van der Waals surface area contributed by atoms with Gasteiger partial charge in [-0.15, -0.1) is 0 Å². The van der Waals surface area contributed by atoms with Gasteiger partial charge in [0.2, 0.25) is 0 Å². The molecule has 0 radical (unpaired) electrons. The Labute approximate surface area is 175 Å². The van der Waals surface area contributed by atoms with E-state index >= 15 is 0 Å². The number of carbonyl (C=O) groups excluding carboxylic acids is 1. The summed E-state index contributed by atoms with van der Waals surface area (Å²) in [6.45, 7) is 3.38. The second-order valence-electron chi connectivity index (χ2n) is 7.25. The van der Waals surface area contributed by atoms with Crippen LogP contribution in [0.3, 0.4) is 0 Å². The third-order valence-corrected chi connectivity index (χ3v) is 5.42. The van der Waals surface area contributed by atoms with Crippen LogP contribution in [0.5, 0.6) is 11.5 Å². The number of likely N-dealkylation sites (tertiary alicyclic amines) is 1. The monoisotopic (exact) mass is 407 g/mol. The minimum Gasteiger partial charge on any atom is -0.457 e. The standard InChI is InChI=1S/C23H22ClN3O2/c1-16-2-11-22(26-25-16)17-12-14-27(15-13-17)23(28)18-3-7-20(8-4-18)29-21-9-5-19(24)6-10-21/h2-11,17H,12-15H2,1H3. The first-order chi connectivity index (χ1) is 14.1. The van der Waals surface area contributed by atoms with Crippen molar-refractivity contribution in [3.63, 3.8) is 0 Å². The summed E-state index contributed by atoms with van der Waals surface area (Å²) in [5.74, 6) is 1.80. The number of amides is 1. The summed E-state index contributed by atoms with van der Waals surface area (Å²) in [5, 5.41) is 9.12. The maximum absolute atomic E-state index is 12.8. The van der Waals surface area contributed by atoms with Crippen molar-refractivity contribution < 1.29 is 9.53 Å². The zero-order valence-corrected chi connectivity index (χ0v) is 17.0. The van der Waals surface area contributed by atoms with Crippen molar-refractivity contribution >= 4 is 17.5 Å². The van der Waals surface area contributed by atoms with Crippen molar-refractivity contribution in [3.05, 3.63) is 82.6 Å². The van der Waals surface area contributed by atoms with Crippen molar-refractivity contribution in [1.82, 2.24) is 15.1 Å². The van der Waals surface area contributed by atoms with Crippen molar-refractivity contribution in [2.24, 2.45) is 0 Å². The number of nitrogens with zero attached hydrogens (tertiary/aromatic N) is 3. The van der Waals surface area contributed by atoms with Gasteiger partial charge in [0.15, 0.2) is 0 Å². The van der Waals surface area contributed by atoms with Crippen molar-refractivity contribution in [1.29, 1.82) is 0 Å². The zero-order chi connectivity index (χ0) is 20.2. The van der Waals surface area contributed by atoms with Gasteiger partial charge in [0.05, 0.1) is 11.4 Å². The molecule has 1 aliphatic heterocycles. The molecule has 0 saturated carbocycles. The molecule has 0 unspecified atom stereocenters. The Morgan fingerprint density at radius 2 is 1.55 bits per heavy atom. The topological polar surface area (TPSA) is 55.3 Å². The Hall–Kier alpha value is -2.92. The summed E-state index contributed by atoms with van der Waals surface area (Å²) in [4.78, 5) is 14.7. The fraction of sp³-hybridized carbons (Fsp3) is 0.261. The second-order valence-corrected chi connectivity index (χ2v) is 7.68. The number of halogens is 1. The molecule has 1 fully saturated rings. The van der Waals surface area contributed by atoms with Crippen LogP contribution in [-0.2, 0) is 0 Å². The molecule has 6 heteroatoms. The summed E-state index contributed by atoms with van der Waals surface area (Å²) in [6, 6.07) is 18.5. The van der Waals surface area contributed by atoms with Gasteiger partial charge in [0, 0.05) is 29.6 Å². The molecule has 0 aliphatic carbocycles. The molecule has 3 aromatic rings. The molecular formula is C23H22ClN3O2. The highest BCUT2D eigenvalue weighted by molar-refractivity contribution is 6.30. The van der Waals surface area contributed by atoms with E-state index < -0.39 is 0 Å². The van der Waals surface area contributed by atoms with E-state index in [1.165, 1.54) is 0 Å². The van der Waals surface area contributed by atoms with Gasteiger partial charge in [-0.05, 0) is 80.4 Å². The van der Waals surface area contributed by atoms with Crippen molar-refractivity contribution in [3.8, 4) is 11.5 Å². The van der Waals surface area contributed by atoms with Gasteiger partial charge >= 0.3 is 0 Å². The molecule has 5 nitrogen and oxygen atoms in total. The minimum absolute atomic E-state index is 0.0523. The van der Waals surface area contributed by atoms with E-state index in [2.05, 4.69) is 10.2 Å². The number of carbonyl (C=O) groups is 1. The number of benzene rings is 2. The van der Waals surface area contributed by atoms with Gasteiger partial charge in [-0.25, -0.2) is 0 Å². The van der Waals surface area contributed by atoms with Gasteiger partial charge in [-0.3, -0.25) is 4.79 Å². The normalized spacial score (nSPS) is 14.6. The maximum atomic E-state index is 12.8. The fourth-order valence-electron chi connectivity index (χ4n) is 3.49.